The number of anilines is 1. The monoisotopic (exact) mass is 595 g/mol. The Hall–Kier alpha value is -2.58. The van der Waals surface area contributed by atoms with Crippen LogP contribution in [0.5, 0.6) is 0 Å². The van der Waals surface area contributed by atoms with E-state index in [0.29, 0.717) is 13.1 Å². The van der Waals surface area contributed by atoms with E-state index in [-0.39, 0.29) is 47.5 Å². The molecule has 3 amide bonds. The Kier molecular flexibility index (Phi) is 10.3. The van der Waals surface area contributed by atoms with E-state index < -0.39 is 28.7 Å². The third-order valence-corrected chi connectivity index (χ3v) is 12.1. The maximum absolute atomic E-state index is 14.8. The van der Waals surface area contributed by atoms with Gasteiger partial charge in [-0.3, -0.25) is 14.4 Å². The molecule has 3 heterocycles. The van der Waals surface area contributed by atoms with Crippen molar-refractivity contribution in [2.75, 3.05) is 24.6 Å². The van der Waals surface area contributed by atoms with Crippen LogP contribution in [0.15, 0.2) is 55.6 Å². The van der Waals surface area contributed by atoms with Crippen molar-refractivity contribution in [2.45, 2.75) is 88.4 Å². The average molecular weight is 596 g/mol. The highest BCUT2D eigenvalue weighted by molar-refractivity contribution is 8.02. The van der Waals surface area contributed by atoms with Crippen molar-refractivity contribution in [3.05, 3.63) is 55.6 Å². The van der Waals surface area contributed by atoms with Gasteiger partial charge in [-0.15, -0.1) is 24.9 Å². The van der Waals surface area contributed by atoms with Crippen LogP contribution in [0.4, 0.5) is 5.69 Å². The van der Waals surface area contributed by atoms with E-state index in [0.717, 1.165) is 31.4 Å². The van der Waals surface area contributed by atoms with Crippen molar-refractivity contribution in [2.24, 2.45) is 23.7 Å². The van der Waals surface area contributed by atoms with Gasteiger partial charge in [0.15, 0.2) is 0 Å². The number of benzene rings is 1. The zero-order valence-corrected chi connectivity index (χ0v) is 26.8. The van der Waals surface area contributed by atoms with E-state index in [1.165, 1.54) is 0 Å². The van der Waals surface area contributed by atoms with E-state index in [9.17, 15) is 19.5 Å². The first-order chi connectivity index (χ1) is 20.1. The number of amides is 3. The molecular formula is C34H49N3O4S. The fraction of sp³-hybridized carbons (Fsp3) is 0.618. The molecule has 4 unspecified atom stereocenters. The molecule has 1 aromatic rings. The highest BCUT2D eigenvalue weighted by atomic mass is 32.2. The van der Waals surface area contributed by atoms with Crippen LogP contribution in [0.1, 0.15) is 60.3 Å². The van der Waals surface area contributed by atoms with E-state index in [1.54, 1.807) is 33.7 Å². The predicted molar refractivity (Wildman–Crippen MR) is 171 cm³/mol. The number of thioether (sulfide) groups is 1. The van der Waals surface area contributed by atoms with E-state index in [4.69, 9.17) is 0 Å². The lowest BCUT2D eigenvalue weighted by molar-refractivity contribution is -0.148. The van der Waals surface area contributed by atoms with Crippen molar-refractivity contribution in [1.82, 2.24) is 9.80 Å². The van der Waals surface area contributed by atoms with Crippen LogP contribution in [0.2, 0.25) is 0 Å². The molecule has 0 aliphatic carbocycles. The Morgan fingerprint density at radius 1 is 1.14 bits per heavy atom. The molecule has 42 heavy (non-hydrogen) atoms. The number of hydrogen-bond donors (Lipinski definition) is 1. The van der Waals surface area contributed by atoms with E-state index >= 15 is 0 Å². The topological polar surface area (TPSA) is 81.2 Å². The lowest BCUT2D eigenvalue weighted by atomic mass is 9.65. The van der Waals surface area contributed by atoms with Gasteiger partial charge in [-0.05, 0) is 43.7 Å². The number of aliphatic hydroxyl groups is 1. The lowest BCUT2D eigenvalue weighted by Gasteiger charge is -2.44. The molecule has 0 aromatic heterocycles. The van der Waals surface area contributed by atoms with Crippen LogP contribution in [0.25, 0.3) is 0 Å². The summed E-state index contributed by atoms with van der Waals surface area (Å²) in [7, 11) is 0. The normalized spacial score (nSPS) is 30.0. The number of aliphatic hydroxyl groups excluding tert-OH is 1. The highest BCUT2D eigenvalue weighted by Crippen LogP contribution is 2.69. The number of carbonyl (C=O) groups excluding carboxylic acids is 3. The van der Waals surface area contributed by atoms with Crippen molar-refractivity contribution in [3.8, 4) is 0 Å². The molecule has 1 spiro atoms. The van der Waals surface area contributed by atoms with Gasteiger partial charge < -0.3 is 19.8 Å². The van der Waals surface area contributed by atoms with Crippen LogP contribution >= 0.6 is 11.8 Å². The van der Waals surface area contributed by atoms with Gasteiger partial charge in [-0.25, -0.2) is 0 Å². The largest absolute Gasteiger partial charge is 0.394 e. The van der Waals surface area contributed by atoms with Gasteiger partial charge in [-0.2, -0.15) is 0 Å². The molecule has 0 radical (unpaired) electrons. The first kappa shape index (κ1) is 32.3. The Labute approximate surface area is 256 Å². The number of rotatable bonds is 14. The van der Waals surface area contributed by atoms with E-state index in [1.807, 2.05) is 49.1 Å². The summed E-state index contributed by atoms with van der Waals surface area (Å²) in [4.78, 5) is 49.4. The first-order valence-electron chi connectivity index (χ1n) is 15.6. The second kappa shape index (κ2) is 13.4. The van der Waals surface area contributed by atoms with Crippen LogP contribution in [0.3, 0.4) is 0 Å². The molecule has 3 aliphatic heterocycles. The number of fused-ring (bicyclic) bond motifs is 1. The smallest absolute Gasteiger partial charge is 0.247 e. The standard InChI is InChI=1S/C34H49N3O4S/c1-8-15-24(7)35(18-9-2)33(41)30-34-23(6)20-27(42-34)28(29(34)32(40)37(30)26(21-38)22(5)11-4)31(39)36(19-10-3)25-16-13-12-14-17-25/h9-10,12-14,16-17,22-24,26-30,38H,2-3,8,11,15,18-21H2,1,4-7H3/t22-,23?,24?,26-,27-,28+,29-,30?,34?/m0/s1. The summed E-state index contributed by atoms with van der Waals surface area (Å²) in [5, 5.41) is 10.6. The minimum absolute atomic E-state index is 0.0152. The first-order valence-corrected chi connectivity index (χ1v) is 16.5. The summed E-state index contributed by atoms with van der Waals surface area (Å²) in [5.41, 5.74) is 0.769. The van der Waals surface area contributed by atoms with Crippen LogP contribution in [-0.4, -0.2) is 80.4 Å². The fourth-order valence-corrected chi connectivity index (χ4v) is 10.2. The van der Waals surface area contributed by atoms with Crippen LogP contribution in [-0.2, 0) is 14.4 Å². The third-order valence-electron chi connectivity index (χ3n) is 10.0. The lowest BCUT2D eigenvalue weighted by Crippen LogP contribution is -2.61. The molecule has 1 aromatic carbocycles. The summed E-state index contributed by atoms with van der Waals surface area (Å²) >= 11 is 1.69. The van der Waals surface area contributed by atoms with Crippen molar-refractivity contribution >= 4 is 35.2 Å². The summed E-state index contributed by atoms with van der Waals surface area (Å²) in [5.74, 6) is -1.51. The summed E-state index contributed by atoms with van der Waals surface area (Å²) in [6.07, 6.45) is 6.75. The molecule has 1 N–H and O–H groups in total. The van der Waals surface area contributed by atoms with E-state index in [2.05, 4.69) is 33.9 Å². The van der Waals surface area contributed by atoms with Crippen molar-refractivity contribution in [1.29, 1.82) is 0 Å². The molecular weight excluding hydrogens is 546 g/mol. The van der Waals surface area contributed by atoms with Gasteiger partial charge in [-0.1, -0.05) is 70.9 Å². The third kappa shape index (κ3) is 5.23. The molecule has 3 saturated heterocycles. The predicted octanol–water partition coefficient (Wildman–Crippen LogP) is 5.15. The van der Waals surface area contributed by atoms with Gasteiger partial charge >= 0.3 is 0 Å². The van der Waals surface area contributed by atoms with Gasteiger partial charge in [0.05, 0.1) is 29.2 Å². The van der Waals surface area contributed by atoms with Gasteiger partial charge in [0, 0.05) is 30.1 Å². The maximum atomic E-state index is 14.8. The number of nitrogens with zero attached hydrogens (tertiary/aromatic N) is 3. The fourth-order valence-electron chi connectivity index (χ4n) is 7.79. The Morgan fingerprint density at radius 3 is 2.38 bits per heavy atom. The zero-order valence-electron chi connectivity index (χ0n) is 25.9. The SMILES string of the molecule is C=CCN(C(=O)[C@@H]1[C@@H]2CC(C)C3(S2)C(C(=O)N(CC=C)C(C)CCC)N([C@@H](CO)[C@@H](C)CC)C(=O)[C@H]13)c1ccccc1. The molecule has 8 heteroatoms. The molecule has 3 aliphatic rings. The number of hydrogen-bond acceptors (Lipinski definition) is 5. The minimum atomic E-state index is -0.757. The molecule has 0 saturated carbocycles. The second-order valence-corrected chi connectivity index (χ2v) is 14.0. The van der Waals surface area contributed by atoms with Gasteiger partial charge in [0.1, 0.15) is 6.04 Å². The summed E-state index contributed by atoms with van der Waals surface area (Å²) < 4.78 is -0.748. The second-order valence-electron chi connectivity index (χ2n) is 12.4. The molecule has 9 atom stereocenters. The Bertz CT molecular complexity index is 1160. The highest BCUT2D eigenvalue weighted by Gasteiger charge is 2.77. The summed E-state index contributed by atoms with van der Waals surface area (Å²) in [6, 6.07) is 8.23. The average Bonchev–Trinajstić information content (AvgIpc) is 3.58. The number of para-hydroxylation sites is 1. The molecule has 3 fully saturated rings. The molecule has 2 bridgehead atoms. The Morgan fingerprint density at radius 2 is 1.81 bits per heavy atom. The van der Waals surface area contributed by atoms with Crippen LogP contribution in [0, 0.1) is 23.7 Å². The van der Waals surface area contributed by atoms with Crippen molar-refractivity contribution in [3.63, 3.8) is 0 Å². The number of likely N-dealkylation sites (tertiary alicyclic amines) is 1. The molecule has 230 valence electrons. The minimum Gasteiger partial charge on any atom is -0.394 e. The maximum Gasteiger partial charge on any atom is 0.247 e. The quantitative estimate of drug-likeness (QED) is 0.301. The van der Waals surface area contributed by atoms with Crippen molar-refractivity contribution < 1.29 is 19.5 Å². The summed E-state index contributed by atoms with van der Waals surface area (Å²) in [6.45, 7) is 18.7. The van der Waals surface area contributed by atoms with Gasteiger partial charge in [0.25, 0.3) is 0 Å². The molecule has 7 nitrogen and oxygen atoms in total. The Balaban J connectivity index is 1.86. The number of carbonyl (C=O) groups is 3. The van der Waals surface area contributed by atoms with Crippen LogP contribution < -0.4 is 4.90 Å². The van der Waals surface area contributed by atoms with Gasteiger partial charge in [0.2, 0.25) is 17.7 Å². The zero-order chi connectivity index (χ0) is 30.8. The molecule has 4 rings (SSSR count).